The number of nitrogens with zero attached hydrogens (tertiary/aromatic N) is 5. The van der Waals surface area contributed by atoms with Crippen molar-refractivity contribution in [2.24, 2.45) is 0 Å². The third kappa shape index (κ3) is 4.12. The van der Waals surface area contributed by atoms with Gasteiger partial charge in [0.2, 0.25) is 5.91 Å². The monoisotopic (exact) mass is 396 g/mol. The lowest BCUT2D eigenvalue weighted by atomic mass is 10.2. The van der Waals surface area contributed by atoms with Crippen molar-refractivity contribution in [3.63, 3.8) is 0 Å². The lowest BCUT2D eigenvalue weighted by Crippen LogP contribution is -2.15. The summed E-state index contributed by atoms with van der Waals surface area (Å²) in [5, 5.41) is 15.6. The van der Waals surface area contributed by atoms with Crippen molar-refractivity contribution < 1.29 is 13.7 Å². The topological polar surface area (TPSA) is 112 Å². The van der Waals surface area contributed by atoms with E-state index >= 15 is 0 Å². The van der Waals surface area contributed by atoms with Crippen LogP contribution in [0.25, 0.3) is 11.4 Å². The molecule has 9 nitrogen and oxygen atoms in total. The Morgan fingerprint density at radius 1 is 1.25 bits per heavy atom. The Hall–Kier alpha value is -3.40. The van der Waals surface area contributed by atoms with Gasteiger partial charge in [0, 0.05) is 24.0 Å². The van der Waals surface area contributed by atoms with E-state index in [0.29, 0.717) is 29.1 Å². The van der Waals surface area contributed by atoms with Gasteiger partial charge < -0.3 is 14.3 Å². The van der Waals surface area contributed by atoms with Crippen molar-refractivity contribution in [3.05, 3.63) is 60.5 Å². The van der Waals surface area contributed by atoms with Gasteiger partial charge in [-0.25, -0.2) is 0 Å². The molecule has 0 bridgehead atoms. The van der Waals surface area contributed by atoms with Crippen LogP contribution < -0.4 is 5.32 Å². The van der Waals surface area contributed by atoms with E-state index in [2.05, 4.69) is 25.7 Å². The molecule has 0 aromatic carbocycles. The Labute approximate surface area is 164 Å². The summed E-state index contributed by atoms with van der Waals surface area (Å²) in [6.07, 6.45) is 5.01. The van der Waals surface area contributed by atoms with E-state index in [0.717, 1.165) is 11.3 Å². The number of hydrogen-bond donors (Lipinski definition) is 1. The molecule has 1 N–H and O–H groups in total. The molecule has 4 aromatic heterocycles. The Morgan fingerprint density at radius 2 is 2.11 bits per heavy atom. The first-order valence-corrected chi connectivity index (χ1v) is 9.39. The minimum Gasteiger partial charge on any atom is -0.467 e. The van der Waals surface area contributed by atoms with Crippen LogP contribution in [-0.4, -0.2) is 36.6 Å². The highest BCUT2D eigenvalue weighted by Crippen LogP contribution is 2.25. The van der Waals surface area contributed by atoms with Gasteiger partial charge in [-0.3, -0.25) is 14.3 Å². The largest absolute Gasteiger partial charge is 0.467 e. The van der Waals surface area contributed by atoms with Crippen LogP contribution >= 0.6 is 11.8 Å². The van der Waals surface area contributed by atoms with Crippen LogP contribution in [-0.2, 0) is 11.3 Å². The summed E-state index contributed by atoms with van der Waals surface area (Å²) in [5.74, 6) is 2.39. The molecular formula is C18H16N6O3S. The van der Waals surface area contributed by atoms with Crippen LogP contribution in [0.5, 0.6) is 0 Å². The van der Waals surface area contributed by atoms with E-state index in [9.17, 15) is 4.79 Å². The second kappa shape index (κ2) is 8.09. The fourth-order valence-corrected chi connectivity index (χ4v) is 3.28. The molecule has 4 rings (SSSR count). The number of furan rings is 1. The Morgan fingerprint density at radius 3 is 2.82 bits per heavy atom. The highest BCUT2D eigenvalue weighted by atomic mass is 32.2. The minimum absolute atomic E-state index is 0.151. The zero-order valence-electron chi connectivity index (χ0n) is 14.9. The molecule has 0 radical (unpaired) electrons. The molecule has 0 saturated carbocycles. The lowest BCUT2D eigenvalue weighted by molar-refractivity contribution is -0.113. The van der Waals surface area contributed by atoms with Gasteiger partial charge in [0.1, 0.15) is 11.5 Å². The predicted molar refractivity (Wildman–Crippen MR) is 102 cm³/mol. The second-order valence-electron chi connectivity index (χ2n) is 5.87. The molecular weight excluding hydrogens is 380 g/mol. The number of pyridine rings is 1. The number of aromatic nitrogens is 5. The summed E-state index contributed by atoms with van der Waals surface area (Å²) in [6.45, 7) is 2.21. The number of aryl methyl sites for hydroxylation is 1. The number of nitrogens with one attached hydrogen (secondary N) is 1. The van der Waals surface area contributed by atoms with Gasteiger partial charge in [0.05, 0.1) is 18.6 Å². The van der Waals surface area contributed by atoms with E-state index in [1.807, 2.05) is 28.8 Å². The quantitative estimate of drug-likeness (QED) is 0.475. The maximum Gasteiger partial charge on any atom is 0.236 e. The molecule has 0 saturated heterocycles. The van der Waals surface area contributed by atoms with Crippen LogP contribution in [0.3, 0.4) is 0 Å². The summed E-state index contributed by atoms with van der Waals surface area (Å²) < 4.78 is 12.3. The van der Waals surface area contributed by atoms with Gasteiger partial charge in [-0.2, -0.15) is 0 Å². The highest BCUT2D eigenvalue weighted by molar-refractivity contribution is 7.99. The van der Waals surface area contributed by atoms with E-state index < -0.39 is 0 Å². The Kier molecular flexibility index (Phi) is 5.20. The molecule has 0 aliphatic carbocycles. The molecule has 0 spiro atoms. The van der Waals surface area contributed by atoms with E-state index in [1.165, 1.54) is 11.8 Å². The van der Waals surface area contributed by atoms with Gasteiger partial charge in [-0.05, 0) is 31.2 Å². The average Bonchev–Trinajstić information content (AvgIpc) is 3.44. The predicted octanol–water partition coefficient (Wildman–Crippen LogP) is 3.01. The first kappa shape index (κ1) is 18.0. The van der Waals surface area contributed by atoms with E-state index in [-0.39, 0.29) is 11.7 Å². The molecule has 0 fully saturated rings. The van der Waals surface area contributed by atoms with Crippen LogP contribution in [0.1, 0.15) is 11.5 Å². The number of amides is 1. The fourth-order valence-electron chi connectivity index (χ4n) is 2.55. The summed E-state index contributed by atoms with van der Waals surface area (Å²) in [5.41, 5.74) is 0.878. The maximum absolute atomic E-state index is 12.2. The van der Waals surface area contributed by atoms with Crippen LogP contribution in [0.15, 0.2) is 63.1 Å². The number of thioether (sulfide) groups is 1. The van der Waals surface area contributed by atoms with Gasteiger partial charge in [-0.1, -0.05) is 16.9 Å². The second-order valence-corrected chi connectivity index (χ2v) is 6.81. The van der Waals surface area contributed by atoms with E-state index in [1.54, 1.807) is 31.6 Å². The van der Waals surface area contributed by atoms with Crippen LogP contribution in [0.2, 0.25) is 0 Å². The molecule has 0 unspecified atom stereocenters. The van der Waals surface area contributed by atoms with Crippen molar-refractivity contribution in [3.8, 4) is 11.4 Å². The smallest absolute Gasteiger partial charge is 0.236 e. The Bertz CT molecular complexity index is 1060. The molecule has 0 aliphatic heterocycles. The normalized spacial score (nSPS) is 10.9. The third-order valence-corrected chi connectivity index (χ3v) is 4.74. The van der Waals surface area contributed by atoms with Gasteiger partial charge >= 0.3 is 0 Å². The zero-order valence-corrected chi connectivity index (χ0v) is 15.7. The molecule has 0 atom stereocenters. The Balaban J connectivity index is 1.52. The number of carbonyl (C=O) groups is 1. The first-order chi connectivity index (χ1) is 13.7. The van der Waals surface area contributed by atoms with Gasteiger partial charge in [-0.15, -0.1) is 10.2 Å². The molecule has 1 amide bonds. The van der Waals surface area contributed by atoms with Crippen molar-refractivity contribution in [1.29, 1.82) is 0 Å². The summed E-state index contributed by atoms with van der Waals surface area (Å²) in [4.78, 5) is 16.2. The fraction of sp³-hybridized carbons (Fsp3) is 0.167. The highest BCUT2D eigenvalue weighted by Gasteiger charge is 2.17. The summed E-state index contributed by atoms with van der Waals surface area (Å²) in [7, 11) is 0. The first-order valence-electron chi connectivity index (χ1n) is 8.41. The van der Waals surface area contributed by atoms with Crippen LogP contribution in [0.4, 0.5) is 5.82 Å². The maximum atomic E-state index is 12.2. The number of hydrogen-bond acceptors (Lipinski definition) is 8. The van der Waals surface area contributed by atoms with Crippen molar-refractivity contribution in [2.75, 3.05) is 11.1 Å². The van der Waals surface area contributed by atoms with Crippen molar-refractivity contribution in [2.45, 2.75) is 18.6 Å². The van der Waals surface area contributed by atoms with Gasteiger partial charge in [0.25, 0.3) is 0 Å². The molecule has 28 heavy (non-hydrogen) atoms. The minimum atomic E-state index is -0.212. The molecule has 4 heterocycles. The molecule has 142 valence electrons. The van der Waals surface area contributed by atoms with E-state index in [4.69, 9.17) is 8.94 Å². The van der Waals surface area contributed by atoms with Crippen molar-refractivity contribution in [1.82, 2.24) is 24.9 Å². The standard InChI is InChI=1S/C18H16N6O3S/c1-12-9-15(23-27-12)20-16(25)11-28-18-22-21-17(13-4-6-19-7-5-13)24(18)10-14-3-2-8-26-14/h2-9H,10-11H2,1H3,(H,20,23,25). The van der Waals surface area contributed by atoms with Crippen molar-refractivity contribution >= 4 is 23.5 Å². The number of anilines is 1. The van der Waals surface area contributed by atoms with Gasteiger partial charge in [0.15, 0.2) is 16.8 Å². The van der Waals surface area contributed by atoms with Crippen LogP contribution in [0, 0.1) is 6.92 Å². The zero-order chi connectivity index (χ0) is 19.3. The summed E-state index contributed by atoms with van der Waals surface area (Å²) in [6, 6.07) is 9.08. The lowest BCUT2D eigenvalue weighted by Gasteiger charge is -2.08. The summed E-state index contributed by atoms with van der Waals surface area (Å²) >= 11 is 1.28. The molecule has 0 aliphatic rings. The molecule has 10 heteroatoms. The number of carbonyl (C=O) groups excluding carboxylic acids is 1. The SMILES string of the molecule is Cc1cc(NC(=O)CSc2nnc(-c3ccncc3)n2Cc2ccco2)no1. The third-order valence-electron chi connectivity index (χ3n) is 3.78. The number of rotatable bonds is 7. The average molecular weight is 396 g/mol. The molecule has 4 aromatic rings.